The van der Waals surface area contributed by atoms with Crippen LogP contribution in [0.1, 0.15) is 28.8 Å². The summed E-state index contributed by atoms with van der Waals surface area (Å²) in [5.41, 5.74) is 1.85. The van der Waals surface area contributed by atoms with Crippen LogP contribution in [-0.2, 0) is 11.2 Å². The molecule has 5 nitrogen and oxygen atoms in total. The van der Waals surface area contributed by atoms with E-state index in [-0.39, 0.29) is 24.0 Å². The molecule has 0 heterocycles. The van der Waals surface area contributed by atoms with E-state index in [1.807, 2.05) is 30.3 Å². The first-order valence-corrected chi connectivity index (χ1v) is 8.26. The first-order valence-electron chi connectivity index (χ1n) is 8.26. The third-order valence-corrected chi connectivity index (χ3v) is 4.22. The van der Waals surface area contributed by atoms with E-state index in [4.69, 9.17) is 9.47 Å². The average Bonchev–Trinajstić information content (AvgIpc) is 3.46. The van der Waals surface area contributed by atoms with Crippen LogP contribution >= 0.6 is 0 Å². The number of carbonyl (C=O) groups excluding carboxylic acids is 2. The molecule has 25 heavy (non-hydrogen) atoms. The third kappa shape index (κ3) is 3.99. The summed E-state index contributed by atoms with van der Waals surface area (Å²) in [4.78, 5) is 25.0. The predicted molar refractivity (Wildman–Crippen MR) is 95.4 cm³/mol. The third-order valence-electron chi connectivity index (χ3n) is 4.22. The molecule has 1 fully saturated rings. The Hall–Kier alpha value is -2.82. The van der Waals surface area contributed by atoms with Crippen LogP contribution in [0.3, 0.4) is 0 Å². The molecular weight excluding hydrogens is 318 g/mol. The van der Waals surface area contributed by atoms with Gasteiger partial charge in [0.2, 0.25) is 5.91 Å². The number of carbonyl (C=O) groups is 2. The van der Waals surface area contributed by atoms with Crippen LogP contribution in [0.25, 0.3) is 0 Å². The normalized spacial score (nSPS) is 13.2. The summed E-state index contributed by atoms with van der Waals surface area (Å²) < 4.78 is 10.6. The van der Waals surface area contributed by atoms with Crippen LogP contribution in [0.5, 0.6) is 11.5 Å². The van der Waals surface area contributed by atoms with Crippen molar-refractivity contribution in [2.45, 2.75) is 19.3 Å². The average molecular weight is 339 g/mol. The highest BCUT2D eigenvalue weighted by Crippen LogP contribution is 2.39. The molecule has 2 aromatic carbocycles. The molecule has 1 saturated carbocycles. The molecule has 1 aliphatic carbocycles. The fraction of sp³-hybridized carbons (Fsp3) is 0.300. The predicted octanol–water partition coefficient (Wildman–Crippen LogP) is 3.48. The van der Waals surface area contributed by atoms with Crippen molar-refractivity contribution in [3.63, 3.8) is 0 Å². The molecule has 0 aliphatic heterocycles. The van der Waals surface area contributed by atoms with E-state index in [0.29, 0.717) is 22.7 Å². The minimum atomic E-state index is -0.178. The van der Waals surface area contributed by atoms with Crippen molar-refractivity contribution in [1.82, 2.24) is 0 Å². The van der Waals surface area contributed by atoms with Gasteiger partial charge in [-0.15, -0.1) is 0 Å². The fourth-order valence-corrected chi connectivity index (χ4v) is 2.73. The molecule has 0 spiro atoms. The number of rotatable bonds is 7. The lowest BCUT2D eigenvalue weighted by molar-refractivity contribution is -0.115. The summed E-state index contributed by atoms with van der Waals surface area (Å²) >= 11 is 0. The zero-order chi connectivity index (χ0) is 17.8. The molecule has 2 aromatic rings. The first kappa shape index (κ1) is 17.0. The van der Waals surface area contributed by atoms with Crippen molar-refractivity contribution in [3.8, 4) is 11.5 Å². The number of benzene rings is 2. The molecule has 130 valence electrons. The fourth-order valence-electron chi connectivity index (χ4n) is 2.73. The topological polar surface area (TPSA) is 64.6 Å². The van der Waals surface area contributed by atoms with E-state index < -0.39 is 0 Å². The highest BCUT2D eigenvalue weighted by atomic mass is 16.5. The van der Waals surface area contributed by atoms with Gasteiger partial charge in [-0.05, 0) is 24.5 Å². The Labute approximate surface area is 147 Å². The van der Waals surface area contributed by atoms with Crippen molar-refractivity contribution in [2.24, 2.45) is 5.92 Å². The standard InChI is InChI=1S/C20H21NO4/c1-24-17-11-15(20(23)14-8-9-14)16(12-18(17)25-2)21-19(22)10-13-6-4-3-5-7-13/h3-7,11-12,14H,8-10H2,1-2H3,(H,21,22). The molecule has 0 unspecified atom stereocenters. The van der Waals surface area contributed by atoms with Crippen LogP contribution < -0.4 is 14.8 Å². The van der Waals surface area contributed by atoms with Gasteiger partial charge in [0.25, 0.3) is 0 Å². The Morgan fingerprint density at radius 3 is 2.28 bits per heavy atom. The molecule has 0 aromatic heterocycles. The second-order valence-corrected chi connectivity index (χ2v) is 6.10. The van der Waals surface area contributed by atoms with Crippen molar-refractivity contribution < 1.29 is 19.1 Å². The van der Waals surface area contributed by atoms with Crippen molar-refractivity contribution >= 4 is 17.4 Å². The van der Waals surface area contributed by atoms with Gasteiger partial charge in [0.05, 0.1) is 26.3 Å². The molecule has 0 bridgehead atoms. The molecule has 0 saturated heterocycles. The van der Waals surface area contributed by atoms with E-state index in [1.54, 1.807) is 12.1 Å². The van der Waals surface area contributed by atoms with Gasteiger partial charge in [0.15, 0.2) is 17.3 Å². The van der Waals surface area contributed by atoms with Gasteiger partial charge < -0.3 is 14.8 Å². The van der Waals surface area contributed by atoms with Gasteiger partial charge in [-0.2, -0.15) is 0 Å². The minimum Gasteiger partial charge on any atom is -0.493 e. The smallest absolute Gasteiger partial charge is 0.228 e. The monoisotopic (exact) mass is 339 g/mol. The van der Waals surface area contributed by atoms with Crippen LogP contribution in [0.15, 0.2) is 42.5 Å². The number of nitrogens with one attached hydrogen (secondary N) is 1. The second-order valence-electron chi connectivity index (χ2n) is 6.10. The van der Waals surface area contributed by atoms with Crippen LogP contribution in [0.4, 0.5) is 5.69 Å². The maximum atomic E-state index is 12.6. The Morgan fingerprint density at radius 1 is 1.04 bits per heavy atom. The zero-order valence-corrected chi connectivity index (χ0v) is 14.4. The molecule has 0 atom stereocenters. The number of methoxy groups -OCH3 is 2. The zero-order valence-electron chi connectivity index (χ0n) is 14.4. The van der Waals surface area contributed by atoms with Gasteiger partial charge in [-0.25, -0.2) is 0 Å². The second kappa shape index (κ2) is 7.38. The first-order chi connectivity index (χ1) is 12.1. The Kier molecular flexibility index (Phi) is 5.03. The lowest BCUT2D eigenvalue weighted by Crippen LogP contribution is -2.17. The summed E-state index contributed by atoms with van der Waals surface area (Å²) in [6.45, 7) is 0. The maximum Gasteiger partial charge on any atom is 0.228 e. The number of anilines is 1. The molecule has 1 aliphatic rings. The number of ketones is 1. The summed E-state index contributed by atoms with van der Waals surface area (Å²) in [6.07, 6.45) is 2.03. The summed E-state index contributed by atoms with van der Waals surface area (Å²) in [7, 11) is 3.05. The molecule has 1 amide bonds. The largest absolute Gasteiger partial charge is 0.493 e. The van der Waals surface area contributed by atoms with Gasteiger partial charge in [0.1, 0.15) is 0 Å². The Balaban J connectivity index is 1.87. The molecular formula is C20H21NO4. The lowest BCUT2D eigenvalue weighted by Gasteiger charge is -2.15. The lowest BCUT2D eigenvalue weighted by atomic mass is 10.0. The number of hydrogen-bond acceptors (Lipinski definition) is 4. The summed E-state index contributed by atoms with van der Waals surface area (Å²) in [5.74, 6) is 0.861. The minimum absolute atomic E-state index is 0.0379. The Bertz CT molecular complexity index is 782. The van der Waals surface area contributed by atoms with Crippen molar-refractivity contribution in [1.29, 1.82) is 0 Å². The molecule has 3 rings (SSSR count). The number of amides is 1. The van der Waals surface area contributed by atoms with E-state index in [2.05, 4.69) is 5.32 Å². The highest BCUT2D eigenvalue weighted by molar-refractivity contribution is 6.07. The van der Waals surface area contributed by atoms with Gasteiger partial charge in [0, 0.05) is 17.5 Å². The molecule has 1 N–H and O–H groups in total. The molecule has 5 heteroatoms. The van der Waals surface area contributed by atoms with E-state index in [0.717, 1.165) is 18.4 Å². The van der Waals surface area contributed by atoms with Crippen LogP contribution in [0, 0.1) is 5.92 Å². The Morgan fingerprint density at radius 2 is 1.68 bits per heavy atom. The van der Waals surface area contributed by atoms with E-state index in [1.165, 1.54) is 14.2 Å². The highest BCUT2D eigenvalue weighted by Gasteiger charge is 2.32. The SMILES string of the molecule is COc1cc(NC(=O)Cc2ccccc2)c(C(=O)C2CC2)cc1OC. The van der Waals surface area contributed by atoms with Crippen LogP contribution in [-0.4, -0.2) is 25.9 Å². The summed E-state index contributed by atoms with van der Waals surface area (Å²) in [5, 5.41) is 2.85. The summed E-state index contributed by atoms with van der Waals surface area (Å²) in [6, 6.07) is 12.8. The maximum absolute atomic E-state index is 12.6. The van der Waals surface area contributed by atoms with Gasteiger partial charge >= 0.3 is 0 Å². The van der Waals surface area contributed by atoms with E-state index >= 15 is 0 Å². The number of hydrogen-bond donors (Lipinski definition) is 1. The quantitative estimate of drug-likeness (QED) is 0.785. The van der Waals surface area contributed by atoms with Crippen molar-refractivity contribution in [2.75, 3.05) is 19.5 Å². The van der Waals surface area contributed by atoms with E-state index in [9.17, 15) is 9.59 Å². The van der Waals surface area contributed by atoms with Crippen LogP contribution in [0.2, 0.25) is 0 Å². The van der Waals surface area contributed by atoms with Gasteiger partial charge in [-0.1, -0.05) is 30.3 Å². The van der Waals surface area contributed by atoms with Gasteiger partial charge in [-0.3, -0.25) is 9.59 Å². The number of ether oxygens (including phenoxy) is 2. The van der Waals surface area contributed by atoms with Crippen molar-refractivity contribution in [3.05, 3.63) is 53.6 Å². The molecule has 0 radical (unpaired) electrons. The number of Topliss-reactive ketones (excluding diaryl/α,β-unsaturated/α-hetero) is 1.